The van der Waals surface area contributed by atoms with E-state index < -0.39 is 9.84 Å². The van der Waals surface area contributed by atoms with Crippen LogP contribution in [0.4, 0.5) is 0 Å². The zero-order chi connectivity index (χ0) is 12.9. The zero-order valence-corrected chi connectivity index (χ0v) is 11.5. The Balaban J connectivity index is 2.55. The Morgan fingerprint density at radius 3 is 2.71 bits per heavy atom. The normalized spacial score (nSPS) is 13.8. The summed E-state index contributed by atoms with van der Waals surface area (Å²) in [6.45, 7) is 2.88. The fraction of sp³-hybridized carbons (Fsp3) is 0.727. The van der Waals surface area contributed by atoms with Crippen LogP contribution >= 0.6 is 0 Å². The van der Waals surface area contributed by atoms with E-state index in [1.165, 1.54) is 6.26 Å². The van der Waals surface area contributed by atoms with Gasteiger partial charge in [0.25, 0.3) is 0 Å². The first-order chi connectivity index (χ1) is 7.92. The SMILES string of the molecule is CCNC(CCCS(C)(=O)=O)c1ccn(C)n1. The first kappa shape index (κ1) is 14.2. The van der Waals surface area contributed by atoms with Crippen molar-refractivity contribution < 1.29 is 8.42 Å². The van der Waals surface area contributed by atoms with Crippen LogP contribution in [0.15, 0.2) is 12.3 Å². The van der Waals surface area contributed by atoms with E-state index in [0.29, 0.717) is 6.42 Å². The molecule has 98 valence electrons. The number of sulfone groups is 1. The number of hydrogen-bond donors (Lipinski definition) is 1. The van der Waals surface area contributed by atoms with Gasteiger partial charge in [-0.25, -0.2) is 8.42 Å². The molecule has 1 atom stereocenters. The molecule has 0 aliphatic heterocycles. The summed E-state index contributed by atoms with van der Waals surface area (Å²) in [4.78, 5) is 0. The van der Waals surface area contributed by atoms with Gasteiger partial charge in [-0.3, -0.25) is 4.68 Å². The summed E-state index contributed by atoms with van der Waals surface area (Å²) in [5, 5.41) is 7.68. The molecule has 6 heteroatoms. The highest BCUT2D eigenvalue weighted by molar-refractivity contribution is 7.90. The van der Waals surface area contributed by atoms with Crippen LogP contribution in [-0.4, -0.2) is 36.8 Å². The van der Waals surface area contributed by atoms with Gasteiger partial charge in [-0.05, 0) is 25.5 Å². The zero-order valence-electron chi connectivity index (χ0n) is 10.7. The van der Waals surface area contributed by atoms with Gasteiger partial charge >= 0.3 is 0 Å². The minimum atomic E-state index is -2.87. The van der Waals surface area contributed by atoms with Crippen molar-refractivity contribution in [1.29, 1.82) is 0 Å². The maximum absolute atomic E-state index is 11.1. The molecule has 1 rings (SSSR count). The Hall–Kier alpha value is -0.880. The Morgan fingerprint density at radius 1 is 1.53 bits per heavy atom. The quantitative estimate of drug-likeness (QED) is 0.790. The van der Waals surface area contributed by atoms with Crippen molar-refractivity contribution in [3.05, 3.63) is 18.0 Å². The average Bonchev–Trinajstić information content (AvgIpc) is 2.62. The summed E-state index contributed by atoms with van der Waals surface area (Å²) < 4.78 is 23.9. The van der Waals surface area contributed by atoms with Crippen LogP contribution in [-0.2, 0) is 16.9 Å². The van der Waals surface area contributed by atoms with Gasteiger partial charge in [0.05, 0.1) is 11.7 Å². The number of nitrogens with one attached hydrogen (secondary N) is 1. The third kappa shape index (κ3) is 5.32. The molecule has 0 aromatic carbocycles. The van der Waals surface area contributed by atoms with Crippen LogP contribution < -0.4 is 5.32 Å². The summed E-state index contributed by atoms with van der Waals surface area (Å²) in [6, 6.07) is 2.11. The number of rotatable bonds is 7. The van der Waals surface area contributed by atoms with Gasteiger partial charge < -0.3 is 5.32 Å². The summed E-state index contributed by atoms with van der Waals surface area (Å²) in [7, 11) is -0.987. The lowest BCUT2D eigenvalue weighted by Gasteiger charge is -2.15. The minimum Gasteiger partial charge on any atom is -0.309 e. The lowest BCUT2D eigenvalue weighted by molar-refractivity contribution is 0.490. The van der Waals surface area contributed by atoms with E-state index >= 15 is 0 Å². The van der Waals surface area contributed by atoms with Crippen molar-refractivity contribution in [2.24, 2.45) is 7.05 Å². The highest BCUT2D eigenvalue weighted by atomic mass is 32.2. The first-order valence-corrected chi connectivity index (χ1v) is 7.89. The second-order valence-corrected chi connectivity index (χ2v) is 6.56. The maximum Gasteiger partial charge on any atom is 0.147 e. The van der Waals surface area contributed by atoms with Crippen LogP contribution in [0.25, 0.3) is 0 Å². The van der Waals surface area contributed by atoms with Crippen molar-refractivity contribution in [2.75, 3.05) is 18.6 Å². The average molecular weight is 259 g/mol. The first-order valence-electron chi connectivity index (χ1n) is 5.83. The fourth-order valence-corrected chi connectivity index (χ4v) is 2.46. The maximum atomic E-state index is 11.1. The van der Waals surface area contributed by atoms with Crippen molar-refractivity contribution in [3.63, 3.8) is 0 Å². The molecule has 0 amide bonds. The smallest absolute Gasteiger partial charge is 0.147 e. The van der Waals surface area contributed by atoms with Crippen LogP contribution in [0.2, 0.25) is 0 Å². The molecule has 0 bridgehead atoms. The van der Waals surface area contributed by atoms with E-state index in [2.05, 4.69) is 10.4 Å². The number of nitrogens with zero attached hydrogens (tertiary/aromatic N) is 2. The van der Waals surface area contributed by atoms with Crippen LogP contribution in [0.5, 0.6) is 0 Å². The van der Waals surface area contributed by atoms with E-state index in [4.69, 9.17) is 0 Å². The molecule has 0 saturated carbocycles. The number of aromatic nitrogens is 2. The largest absolute Gasteiger partial charge is 0.309 e. The molecule has 17 heavy (non-hydrogen) atoms. The topological polar surface area (TPSA) is 64.0 Å². The second-order valence-electron chi connectivity index (χ2n) is 4.30. The Morgan fingerprint density at radius 2 is 2.24 bits per heavy atom. The summed E-state index contributed by atoms with van der Waals surface area (Å²) >= 11 is 0. The molecule has 1 N–H and O–H groups in total. The summed E-state index contributed by atoms with van der Waals surface area (Å²) in [5.41, 5.74) is 0.975. The molecule has 0 spiro atoms. The van der Waals surface area contributed by atoms with Gasteiger partial charge in [-0.2, -0.15) is 5.10 Å². The second kappa shape index (κ2) is 6.16. The summed E-state index contributed by atoms with van der Waals surface area (Å²) in [5.74, 6) is 0.238. The monoisotopic (exact) mass is 259 g/mol. The molecule has 0 aliphatic carbocycles. The van der Waals surface area contributed by atoms with E-state index in [9.17, 15) is 8.42 Å². The minimum absolute atomic E-state index is 0.142. The molecule has 1 aromatic heterocycles. The van der Waals surface area contributed by atoms with Crippen LogP contribution in [0.3, 0.4) is 0 Å². The summed E-state index contributed by atoms with van der Waals surface area (Å²) in [6.07, 6.45) is 4.62. The number of aryl methyl sites for hydroxylation is 1. The van der Waals surface area contributed by atoms with Gasteiger partial charge in [0, 0.05) is 25.3 Å². The highest BCUT2D eigenvalue weighted by Crippen LogP contribution is 2.16. The fourth-order valence-electron chi connectivity index (χ4n) is 1.77. The Labute approximate surface area is 103 Å². The van der Waals surface area contributed by atoms with E-state index in [-0.39, 0.29) is 11.8 Å². The molecule has 0 fully saturated rings. The molecule has 0 radical (unpaired) electrons. The standard InChI is InChI=1S/C11H21N3O2S/c1-4-12-10(6-5-9-17(3,15)16)11-7-8-14(2)13-11/h7-8,10,12H,4-6,9H2,1-3H3. The predicted molar refractivity (Wildman–Crippen MR) is 68.6 cm³/mol. The van der Waals surface area contributed by atoms with Crippen molar-refractivity contribution >= 4 is 9.84 Å². The molecule has 1 unspecified atom stereocenters. The predicted octanol–water partition coefficient (Wildman–Crippen LogP) is 0.895. The van der Waals surface area contributed by atoms with Gasteiger partial charge in [-0.1, -0.05) is 6.92 Å². The van der Waals surface area contributed by atoms with Gasteiger partial charge in [-0.15, -0.1) is 0 Å². The molecule has 5 nitrogen and oxygen atoms in total. The van der Waals surface area contributed by atoms with Crippen LogP contribution in [0.1, 0.15) is 31.5 Å². The van der Waals surface area contributed by atoms with Crippen LogP contribution in [0, 0.1) is 0 Å². The van der Waals surface area contributed by atoms with E-state index in [1.807, 2.05) is 26.2 Å². The third-order valence-corrected chi connectivity index (χ3v) is 3.58. The molecular formula is C11H21N3O2S. The molecule has 1 aromatic rings. The Bertz CT molecular complexity index is 439. The third-order valence-electron chi connectivity index (χ3n) is 2.55. The number of hydrogen-bond acceptors (Lipinski definition) is 4. The lowest BCUT2D eigenvalue weighted by Crippen LogP contribution is -2.22. The van der Waals surface area contributed by atoms with Gasteiger partial charge in [0.15, 0.2) is 0 Å². The van der Waals surface area contributed by atoms with E-state index in [0.717, 1.165) is 18.7 Å². The van der Waals surface area contributed by atoms with Crippen molar-refractivity contribution in [1.82, 2.24) is 15.1 Å². The molecular weight excluding hydrogens is 238 g/mol. The van der Waals surface area contributed by atoms with Crippen molar-refractivity contribution in [2.45, 2.75) is 25.8 Å². The van der Waals surface area contributed by atoms with E-state index in [1.54, 1.807) is 4.68 Å². The Kier molecular flexibility index (Phi) is 5.14. The van der Waals surface area contributed by atoms with Gasteiger partial charge in [0.1, 0.15) is 9.84 Å². The molecule has 0 saturated heterocycles. The highest BCUT2D eigenvalue weighted by Gasteiger charge is 2.13. The lowest BCUT2D eigenvalue weighted by atomic mass is 10.1. The molecule has 1 heterocycles. The van der Waals surface area contributed by atoms with Crippen molar-refractivity contribution in [3.8, 4) is 0 Å². The van der Waals surface area contributed by atoms with Gasteiger partial charge in [0.2, 0.25) is 0 Å². The molecule has 0 aliphatic rings.